The highest BCUT2D eigenvalue weighted by molar-refractivity contribution is 5.87. The van der Waals surface area contributed by atoms with Crippen molar-refractivity contribution in [2.75, 3.05) is 0 Å². The van der Waals surface area contributed by atoms with Gasteiger partial charge in [0, 0.05) is 5.56 Å². The number of carboxylic acids is 1. The van der Waals surface area contributed by atoms with Gasteiger partial charge in [-0.3, -0.25) is 4.74 Å². The third-order valence-corrected chi connectivity index (χ3v) is 1.69. The molecule has 0 atom stereocenters. The number of aromatic carboxylic acids is 1. The van der Waals surface area contributed by atoms with Gasteiger partial charge in [-0.15, -0.1) is 13.2 Å². The summed E-state index contributed by atoms with van der Waals surface area (Å²) in [6, 6.07) is 2.57. The average molecular weight is 238 g/mol. The summed E-state index contributed by atoms with van der Waals surface area (Å²) in [5, 5.41) is 8.48. The first-order valence-electron chi connectivity index (χ1n) is 4.02. The smallest absolute Gasteiger partial charge is 0.478 e. The van der Waals surface area contributed by atoms with Crippen LogP contribution in [-0.4, -0.2) is 17.4 Å². The molecule has 0 fully saturated rings. The molecule has 0 saturated carbocycles. The number of hydrogen-bond donors (Lipinski definition) is 1. The van der Waals surface area contributed by atoms with Crippen LogP contribution in [0.15, 0.2) is 18.2 Å². The highest BCUT2D eigenvalue weighted by atomic mass is 19.4. The van der Waals surface area contributed by atoms with Crippen LogP contribution < -0.4 is 0 Å². The van der Waals surface area contributed by atoms with Gasteiger partial charge in [0.05, 0.1) is 12.2 Å². The Kier molecular flexibility index (Phi) is 3.48. The molecule has 0 saturated heterocycles. The number of rotatable bonds is 3. The lowest BCUT2D eigenvalue weighted by Crippen LogP contribution is -2.13. The molecule has 1 aromatic rings. The molecular formula is C9H6F4O3. The predicted molar refractivity (Wildman–Crippen MR) is 44.2 cm³/mol. The van der Waals surface area contributed by atoms with Gasteiger partial charge in [-0.2, -0.15) is 0 Å². The Morgan fingerprint density at radius 2 is 2.00 bits per heavy atom. The second-order valence-electron chi connectivity index (χ2n) is 2.85. The molecule has 0 heterocycles. The Morgan fingerprint density at radius 1 is 1.38 bits per heavy atom. The second-order valence-corrected chi connectivity index (χ2v) is 2.85. The molecule has 0 aliphatic carbocycles. The van der Waals surface area contributed by atoms with Crippen molar-refractivity contribution in [1.29, 1.82) is 0 Å². The van der Waals surface area contributed by atoms with Crippen LogP contribution in [0.3, 0.4) is 0 Å². The molecular weight excluding hydrogens is 232 g/mol. The van der Waals surface area contributed by atoms with Gasteiger partial charge < -0.3 is 5.11 Å². The minimum atomic E-state index is -4.85. The summed E-state index contributed by atoms with van der Waals surface area (Å²) in [5.41, 5.74) is -0.699. The van der Waals surface area contributed by atoms with Crippen molar-refractivity contribution in [3.63, 3.8) is 0 Å². The summed E-state index contributed by atoms with van der Waals surface area (Å²) in [6.45, 7) is -0.991. The van der Waals surface area contributed by atoms with Crippen LogP contribution in [0.4, 0.5) is 17.6 Å². The first kappa shape index (κ1) is 12.4. The molecule has 88 valence electrons. The van der Waals surface area contributed by atoms with Gasteiger partial charge in [0.15, 0.2) is 0 Å². The van der Waals surface area contributed by atoms with Crippen molar-refractivity contribution in [1.82, 2.24) is 0 Å². The molecule has 1 rings (SSSR count). The van der Waals surface area contributed by atoms with E-state index in [4.69, 9.17) is 5.11 Å². The lowest BCUT2D eigenvalue weighted by molar-refractivity contribution is -0.330. The zero-order valence-corrected chi connectivity index (χ0v) is 7.71. The lowest BCUT2D eigenvalue weighted by Gasteiger charge is -2.08. The normalized spacial score (nSPS) is 11.5. The molecule has 0 amide bonds. The number of halogens is 4. The van der Waals surface area contributed by atoms with Crippen molar-refractivity contribution >= 4 is 5.97 Å². The number of hydrogen-bond acceptors (Lipinski definition) is 2. The molecule has 0 unspecified atom stereocenters. The van der Waals surface area contributed by atoms with Crippen molar-refractivity contribution in [2.45, 2.75) is 13.0 Å². The number of alkyl halides is 3. The quantitative estimate of drug-likeness (QED) is 0.823. The Hall–Kier alpha value is -1.63. The Bertz CT molecular complexity index is 400. The monoisotopic (exact) mass is 238 g/mol. The van der Waals surface area contributed by atoms with E-state index < -0.39 is 24.8 Å². The standard InChI is InChI=1S/C9H6F4O3/c10-7-3-5(8(14)15)1-2-6(7)4-16-9(11,12)13/h1-3H,4H2,(H,14,15). The molecule has 0 bridgehead atoms. The minimum Gasteiger partial charge on any atom is -0.478 e. The van der Waals surface area contributed by atoms with Crippen LogP contribution in [0.25, 0.3) is 0 Å². The summed E-state index contributed by atoms with van der Waals surface area (Å²) in [6.07, 6.45) is -4.85. The van der Waals surface area contributed by atoms with Gasteiger partial charge in [0.1, 0.15) is 5.82 Å². The van der Waals surface area contributed by atoms with Gasteiger partial charge in [0.25, 0.3) is 0 Å². The molecule has 0 radical (unpaired) electrons. The van der Waals surface area contributed by atoms with Crippen LogP contribution in [-0.2, 0) is 11.3 Å². The van der Waals surface area contributed by atoms with Crippen molar-refractivity contribution in [3.8, 4) is 0 Å². The zero-order valence-electron chi connectivity index (χ0n) is 7.71. The van der Waals surface area contributed by atoms with Crippen molar-refractivity contribution in [3.05, 3.63) is 35.1 Å². The molecule has 0 spiro atoms. The number of carbonyl (C=O) groups is 1. The van der Waals surface area contributed by atoms with Crippen LogP contribution >= 0.6 is 0 Å². The van der Waals surface area contributed by atoms with E-state index in [1.54, 1.807) is 0 Å². The van der Waals surface area contributed by atoms with Crippen molar-refractivity contribution < 1.29 is 32.2 Å². The lowest BCUT2D eigenvalue weighted by atomic mass is 10.1. The van der Waals surface area contributed by atoms with Gasteiger partial charge in [0.2, 0.25) is 0 Å². The molecule has 0 aliphatic heterocycles. The van der Waals surface area contributed by atoms with Crippen molar-refractivity contribution in [2.24, 2.45) is 0 Å². The first-order valence-corrected chi connectivity index (χ1v) is 4.02. The number of benzene rings is 1. The number of carboxylic acid groups (broad SMARTS) is 1. The Labute approximate surface area is 87.3 Å². The molecule has 0 aliphatic rings. The van der Waals surface area contributed by atoms with Crippen LogP contribution in [0.5, 0.6) is 0 Å². The number of ether oxygens (including phenoxy) is 1. The molecule has 7 heteroatoms. The molecule has 16 heavy (non-hydrogen) atoms. The molecule has 3 nitrogen and oxygen atoms in total. The summed E-state index contributed by atoms with van der Waals surface area (Å²) in [7, 11) is 0. The predicted octanol–water partition coefficient (Wildman–Crippen LogP) is 2.56. The van der Waals surface area contributed by atoms with E-state index in [0.29, 0.717) is 6.07 Å². The van der Waals surface area contributed by atoms with E-state index in [2.05, 4.69) is 4.74 Å². The SMILES string of the molecule is O=C(O)c1ccc(COC(F)(F)F)c(F)c1. The maximum atomic E-state index is 13.1. The fourth-order valence-electron chi connectivity index (χ4n) is 0.957. The van der Waals surface area contributed by atoms with E-state index in [1.807, 2.05) is 0 Å². The topological polar surface area (TPSA) is 46.5 Å². The maximum Gasteiger partial charge on any atom is 0.522 e. The fourth-order valence-corrected chi connectivity index (χ4v) is 0.957. The van der Waals surface area contributed by atoms with Crippen LogP contribution in [0, 0.1) is 5.82 Å². The largest absolute Gasteiger partial charge is 0.522 e. The Morgan fingerprint density at radius 3 is 2.44 bits per heavy atom. The van der Waals surface area contributed by atoms with Crippen LogP contribution in [0.2, 0.25) is 0 Å². The molecule has 1 N–H and O–H groups in total. The second kappa shape index (κ2) is 4.48. The van der Waals surface area contributed by atoms with E-state index >= 15 is 0 Å². The first-order chi connectivity index (χ1) is 7.29. The average Bonchev–Trinajstić information content (AvgIpc) is 2.14. The zero-order chi connectivity index (χ0) is 12.3. The van der Waals surface area contributed by atoms with Gasteiger partial charge in [-0.1, -0.05) is 6.07 Å². The summed E-state index contributed by atoms with van der Waals surface area (Å²) < 4.78 is 51.4. The minimum absolute atomic E-state index is 0.340. The summed E-state index contributed by atoms with van der Waals surface area (Å²) in [5.74, 6) is -2.41. The third-order valence-electron chi connectivity index (χ3n) is 1.69. The highest BCUT2D eigenvalue weighted by Crippen LogP contribution is 2.20. The third kappa shape index (κ3) is 3.50. The van der Waals surface area contributed by atoms with Gasteiger partial charge in [-0.25, -0.2) is 9.18 Å². The van der Waals surface area contributed by atoms with Gasteiger partial charge >= 0.3 is 12.3 Å². The molecule has 1 aromatic carbocycles. The van der Waals surface area contributed by atoms with E-state index in [1.165, 1.54) is 0 Å². The van der Waals surface area contributed by atoms with E-state index in [-0.39, 0.29) is 11.1 Å². The Balaban J connectivity index is 2.80. The van der Waals surface area contributed by atoms with E-state index in [0.717, 1.165) is 12.1 Å². The fraction of sp³-hybridized carbons (Fsp3) is 0.222. The highest BCUT2D eigenvalue weighted by Gasteiger charge is 2.29. The summed E-state index contributed by atoms with van der Waals surface area (Å²) >= 11 is 0. The van der Waals surface area contributed by atoms with Gasteiger partial charge in [-0.05, 0) is 12.1 Å². The maximum absolute atomic E-state index is 13.1. The van der Waals surface area contributed by atoms with E-state index in [9.17, 15) is 22.4 Å². The molecule has 0 aromatic heterocycles. The summed E-state index contributed by atoms with van der Waals surface area (Å²) in [4.78, 5) is 10.4. The van der Waals surface area contributed by atoms with Crippen LogP contribution in [0.1, 0.15) is 15.9 Å².